The number of hydrogen-bond acceptors (Lipinski definition) is 4. The summed E-state index contributed by atoms with van der Waals surface area (Å²) in [6, 6.07) is 3.63. The van der Waals surface area contributed by atoms with Crippen molar-refractivity contribution in [3.8, 4) is 5.69 Å². The predicted molar refractivity (Wildman–Crippen MR) is 84.2 cm³/mol. The molecule has 0 aromatic carbocycles. The summed E-state index contributed by atoms with van der Waals surface area (Å²) in [6.07, 6.45) is 5.94. The van der Waals surface area contributed by atoms with Crippen molar-refractivity contribution >= 4 is 29.5 Å². The Labute approximate surface area is 133 Å². The molecule has 0 radical (unpaired) electrons. The van der Waals surface area contributed by atoms with Crippen LogP contribution >= 0.6 is 11.6 Å². The number of aromatic nitrogens is 3. The number of carbonyl (C=O) groups is 2. The van der Waals surface area contributed by atoms with Crippen LogP contribution in [0.5, 0.6) is 0 Å². The van der Waals surface area contributed by atoms with Crippen LogP contribution in [0, 0.1) is 5.92 Å². The van der Waals surface area contributed by atoms with Crippen molar-refractivity contribution in [1.82, 2.24) is 14.8 Å². The van der Waals surface area contributed by atoms with Crippen molar-refractivity contribution in [3.05, 3.63) is 35.9 Å². The third kappa shape index (κ3) is 3.33. The van der Waals surface area contributed by atoms with Crippen LogP contribution in [0.2, 0.25) is 5.15 Å². The van der Waals surface area contributed by atoms with Gasteiger partial charge in [0.05, 0.1) is 18.1 Å². The number of hydrogen-bond donors (Lipinski definition) is 0. The van der Waals surface area contributed by atoms with E-state index in [2.05, 4.69) is 10.1 Å². The Morgan fingerprint density at radius 3 is 2.91 bits per heavy atom. The Kier molecular flexibility index (Phi) is 5.27. The van der Waals surface area contributed by atoms with E-state index in [-0.39, 0.29) is 17.5 Å². The number of rotatable bonds is 6. The van der Waals surface area contributed by atoms with Gasteiger partial charge in [0.15, 0.2) is 5.15 Å². The van der Waals surface area contributed by atoms with E-state index < -0.39 is 5.92 Å². The van der Waals surface area contributed by atoms with Gasteiger partial charge in [0.2, 0.25) is 5.91 Å². The van der Waals surface area contributed by atoms with Gasteiger partial charge in [0, 0.05) is 25.1 Å². The third-order valence-corrected chi connectivity index (χ3v) is 3.58. The monoisotopic (exact) mass is 320 g/mol. The molecule has 0 spiro atoms. The standard InChI is InChI=1S/C15H17ClN4O2/c1-3-19(15(22)11(2)6-8-21)13-10-20(18-14(13)16)12-5-4-7-17-9-12/h4-5,7-11H,3,6H2,1-2H3. The van der Waals surface area contributed by atoms with Crippen molar-refractivity contribution in [2.75, 3.05) is 11.4 Å². The smallest absolute Gasteiger partial charge is 0.230 e. The molecular formula is C15H17ClN4O2. The largest absolute Gasteiger partial charge is 0.308 e. The Morgan fingerprint density at radius 2 is 2.32 bits per heavy atom. The number of aldehydes is 1. The molecule has 1 unspecified atom stereocenters. The fourth-order valence-electron chi connectivity index (χ4n) is 2.10. The number of nitrogens with zero attached hydrogens (tertiary/aromatic N) is 4. The Morgan fingerprint density at radius 1 is 1.55 bits per heavy atom. The van der Waals surface area contributed by atoms with E-state index in [1.165, 1.54) is 4.90 Å². The molecule has 116 valence electrons. The first kappa shape index (κ1) is 16.2. The first-order chi connectivity index (χ1) is 10.6. The highest BCUT2D eigenvalue weighted by atomic mass is 35.5. The molecule has 1 atom stereocenters. The maximum atomic E-state index is 12.4. The van der Waals surface area contributed by atoms with Crippen LogP contribution in [0.1, 0.15) is 20.3 Å². The molecule has 0 aliphatic rings. The minimum absolute atomic E-state index is 0.151. The van der Waals surface area contributed by atoms with Crippen LogP contribution in [0.4, 0.5) is 5.69 Å². The Hall–Kier alpha value is -2.21. The second-order valence-electron chi connectivity index (χ2n) is 4.85. The highest BCUT2D eigenvalue weighted by Gasteiger charge is 2.24. The van der Waals surface area contributed by atoms with Gasteiger partial charge in [-0.15, -0.1) is 0 Å². The second-order valence-corrected chi connectivity index (χ2v) is 5.20. The van der Waals surface area contributed by atoms with Crippen LogP contribution in [0.15, 0.2) is 30.7 Å². The topological polar surface area (TPSA) is 68.1 Å². The molecule has 0 saturated heterocycles. The van der Waals surface area contributed by atoms with E-state index >= 15 is 0 Å². The Balaban J connectivity index is 2.32. The van der Waals surface area contributed by atoms with Crippen molar-refractivity contribution in [1.29, 1.82) is 0 Å². The molecule has 2 heterocycles. The summed E-state index contributed by atoms with van der Waals surface area (Å²) in [7, 11) is 0. The van der Waals surface area contributed by atoms with E-state index in [1.54, 1.807) is 36.3 Å². The molecule has 6 nitrogen and oxygen atoms in total. The highest BCUT2D eigenvalue weighted by Crippen LogP contribution is 2.27. The van der Waals surface area contributed by atoms with Crippen molar-refractivity contribution in [3.63, 3.8) is 0 Å². The van der Waals surface area contributed by atoms with Gasteiger partial charge in [-0.3, -0.25) is 9.78 Å². The zero-order valence-electron chi connectivity index (χ0n) is 12.4. The SMILES string of the molecule is CCN(C(=O)C(C)CC=O)c1cn(-c2cccnc2)nc1Cl. The fourth-order valence-corrected chi connectivity index (χ4v) is 2.33. The molecule has 0 fully saturated rings. The lowest BCUT2D eigenvalue weighted by molar-refractivity contribution is -0.123. The molecular weight excluding hydrogens is 304 g/mol. The third-order valence-electron chi connectivity index (χ3n) is 3.31. The molecule has 2 rings (SSSR count). The van der Waals surface area contributed by atoms with Crippen LogP contribution in [0.25, 0.3) is 5.69 Å². The van der Waals surface area contributed by atoms with Crippen molar-refractivity contribution < 1.29 is 9.59 Å². The van der Waals surface area contributed by atoms with Crippen molar-refractivity contribution in [2.24, 2.45) is 5.92 Å². The van der Waals surface area contributed by atoms with Crippen LogP contribution < -0.4 is 4.90 Å². The second kappa shape index (κ2) is 7.17. The summed E-state index contributed by atoms with van der Waals surface area (Å²) in [5, 5.41) is 4.45. The maximum absolute atomic E-state index is 12.4. The molecule has 0 N–H and O–H groups in total. The number of anilines is 1. The quantitative estimate of drug-likeness (QED) is 0.767. The van der Waals surface area contributed by atoms with Crippen molar-refractivity contribution in [2.45, 2.75) is 20.3 Å². The van der Waals surface area contributed by atoms with E-state index in [0.29, 0.717) is 12.2 Å². The molecule has 7 heteroatoms. The molecule has 0 bridgehead atoms. The van der Waals surface area contributed by atoms with E-state index in [0.717, 1.165) is 12.0 Å². The van der Waals surface area contributed by atoms with Crippen LogP contribution in [0.3, 0.4) is 0 Å². The molecule has 22 heavy (non-hydrogen) atoms. The van der Waals surface area contributed by atoms with Crippen LogP contribution in [-0.2, 0) is 9.59 Å². The molecule has 0 aliphatic carbocycles. The van der Waals surface area contributed by atoms with E-state index in [1.807, 2.05) is 13.0 Å². The average Bonchev–Trinajstić information content (AvgIpc) is 2.91. The van der Waals surface area contributed by atoms with Gasteiger partial charge < -0.3 is 9.69 Å². The first-order valence-corrected chi connectivity index (χ1v) is 7.36. The van der Waals surface area contributed by atoms with Gasteiger partial charge in [-0.25, -0.2) is 4.68 Å². The minimum atomic E-state index is -0.393. The summed E-state index contributed by atoms with van der Waals surface area (Å²) in [4.78, 5) is 28.6. The highest BCUT2D eigenvalue weighted by molar-refractivity contribution is 6.32. The fraction of sp³-hybridized carbons (Fsp3) is 0.333. The van der Waals surface area contributed by atoms with Gasteiger partial charge in [0.1, 0.15) is 12.0 Å². The zero-order chi connectivity index (χ0) is 16.1. The molecule has 2 aromatic rings. The summed E-state index contributed by atoms with van der Waals surface area (Å²) in [5.74, 6) is -0.544. The van der Waals surface area contributed by atoms with Crippen LogP contribution in [-0.4, -0.2) is 33.5 Å². The summed E-state index contributed by atoms with van der Waals surface area (Å²) in [6.45, 7) is 4.02. The normalized spacial score (nSPS) is 12.0. The predicted octanol–water partition coefficient (Wildman–Crippen LogP) is 2.50. The molecule has 1 amide bonds. The number of carbonyl (C=O) groups excluding carboxylic acids is 2. The number of halogens is 1. The number of pyridine rings is 1. The molecule has 0 aliphatic heterocycles. The lowest BCUT2D eigenvalue weighted by Crippen LogP contribution is -2.35. The molecule has 0 saturated carbocycles. The lowest BCUT2D eigenvalue weighted by atomic mass is 10.1. The molecule has 2 aromatic heterocycles. The number of amides is 1. The summed E-state index contributed by atoms with van der Waals surface area (Å²) >= 11 is 6.18. The summed E-state index contributed by atoms with van der Waals surface area (Å²) in [5.41, 5.74) is 1.27. The Bertz CT molecular complexity index is 657. The maximum Gasteiger partial charge on any atom is 0.230 e. The lowest BCUT2D eigenvalue weighted by Gasteiger charge is -2.22. The van der Waals surface area contributed by atoms with Gasteiger partial charge in [0.25, 0.3) is 0 Å². The van der Waals surface area contributed by atoms with E-state index in [4.69, 9.17) is 11.6 Å². The van der Waals surface area contributed by atoms with Gasteiger partial charge in [-0.2, -0.15) is 5.10 Å². The summed E-state index contributed by atoms with van der Waals surface area (Å²) < 4.78 is 1.57. The van der Waals surface area contributed by atoms with Gasteiger partial charge in [-0.05, 0) is 19.1 Å². The first-order valence-electron chi connectivity index (χ1n) is 6.99. The van der Waals surface area contributed by atoms with Gasteiger partial charge >= 0.3 is 0 Å². The zero-order valence-corrected chi connectivity index (χ0v) is 13.2. The minimum Gasteiger partial charge on any atom is -0.308 e. The van der Waals surface area contributed by atoms with E-state index in [9.17, 15) is 9.59 Å². The average molecular weight is 321 g/mol. The van der Waals surface area contributed by atoms with Gasteiger partial charge in [-0.1, -0.05) is 18.5 Å².